The van der Waals surface area contributed by atoms with Gasteiger partial charge < -0.3 is 15.6 Å². The van der Waals surface area contributed by atoms with Crippen LogP contribution in [0.2, 0.25) is 0 Å². The summed E-state index contributed by atoms with van der Waals surface area (Å²) in [6, 6.07) is 2.25. The average molecular weight is 270 g/mol. The number of nitro benzene ring substituents is 1. The molecule has 0 aromatic heterocycles. The van der Waals surface area contributed by atoms with Crippen molar-refractivity contribution in [2.24, 2.45) is 10.8 Å². The van der Waals surface area contributed by atoms with E-state index in [-0.39, 0.29) is 27.9 Å². The molecule has 1 aromatic rings. The highest BCUT2D eigenvalue weighted by atomic mass is 32.1. The van der Waals surface area contributed by atoms with Gasteiger partial charge in [0.15, 0.2) is 16.6 Å². The van der Waals surface area contributed by atoms with Crippen LogP contribution < -0.4 is 15.9 Å². The Balaban J connectivity index is 3.16. The Hall–Kier alpha value is -2.42. The second-order valence-electron chi connectivity index (χ2n) is 3.08. The molecular weight excluding hydrogens is 260 g/mol. The van der Waals surface area contributed by atoms with E-state index in [0.717, 1.165) is 18.3 Å². The number of hydrazone groups is 1. The predicted molar refractivity (Wildman–Crippen MR) is 68.8 cm³/mol. The fraction of sp³-hybridized carbons (Fsp3) is 0.111. The molecule has 0 unspecified atom stereocenters. The summed E-state index contributed by atoms with van der Waals surface area (Å²) in [5, 5.41) is 23.9. The van der Waals surface area contributed by atoms with Gasteiger partial charge in [0.05, 0.1) is 24.3 Å². The normalized spacial score (nSPS) is 10.3. The van der Waals surface area contributed by atoms with E-state index >= 15 is 0 Å². The first-order valence-electron chi connectivity index (χ1n) is 4.59. The third-order valence-corrected chi connectivity index (χ3v) is 1.99. The van der Waals surface area contributed by atoms with Gasteiger partial charge in [0.2, 0.25) is 0 Å². The predicted octanol–water partition coefficient (Wildman–Crippen LogP) is 0.476. The van der Waals surface area contributed by atoms with Crippen LogP contribution in [0.25, 0.3) is 0 Å². The zero-order chi connectivity index (χ0) is 13.7. The number of aromatic hydroxyl groups is 1. The van der Waals surface area contributed by atoms with Crippen LogP contribution in [0, 0.1) is 10.1 Å². The lowest BCUT2D eigenvalue weighted by molar-refractivity contribution is -0.385. The number of non-ortho nitro benzene ring substituents is 1. The number of methoxy groups -OCH3 is 1. The summed E-state index contributed by atoms with van der Waals surface area (Å²) >= 11 is 4.52. The maximum atomic E-state index is 10.7. The van der Waals surface area contributed by atoms with E-state index in [4.69, 9.17) is 10.5 Å². The number of phenols is 1. The number of nitrogens with two attached hydrogens (primary N) is 1. The van der Waals surface area contributed by atoms with E-state index in [2.05, 4.69) is 22.7 Å². The van der Waals surface area contributed by atoms with Crippen LogP contribution in [0.15, 0.2) is 17.2 Å². The molecule has 0 heterocycles. The van der Waals surface area contributed by atoms with Gasteiger partial charge in [-0.3, -0.25) is 15.5 Å². The van der Waals surface area contributed by atoms with Gasteiger partial charge in [-0.2, -0.15) is 5.10 Å². The molecule has 0 bridgehead atoms. The second-order valence-corrected chi connectivity index (χ2v) is 3.52. The van der Waals surface area contributed by atoms with Crippen LogP contribution >= 0.6 is 12.2 Å². The number of nitro groups is 1. The Morgan fingerprint density at radius 2 is 2.39 bits per heavy atom. The number of hydrogen-bond acceptors (Lipinski definition) is 6. The van der Waals surface area contributed by atoms with Crippen LogP contribution in [-0.2, 0) is 0 Å². The number of nitrogens with zero attached hydrogens (tertiary/aromatic N) is 2. The standard InChI is InChI=1S/C9H10N4O4S/c1-17-7-3-6(13(15)16)2-5(8(7)14)4-11-12-9(10)18/h2-4,14H,1H3,(H3,10,12,18)/b11-4-. The second kappa shape index (κ2) is 5.77. The third-order valence-electron chi connectivity index (χ3n) is 1.90. The van der Waals surface area contributed by atoms with Crippen LogP contribution in [-0.4, -0.2) is 28.5 Å². The lowest BCUT2D eigenvalue weighted by Gasteiger charge is -2.05. The number of hydrogen-bond donors (Lipinski definition) is 3. The monoisotopic (exact) mass is 270 g/mol. The number of benzene rings is 1. The fourth-order valence-corrected chi connectivity index (χ4v) is 1.19. The number of ether oxygens (including phenoxy) is 1. The van der Waals surface area contributed by atoms with Gasteiger partial charge in [0.25, 0.3) is 5.69 Å². The van der Waals surface area contributed by atoms with E-state index in [1.165, 1.54) is 7.11 Å². The third kappa shape index (κ3) is 3.28. The van der Waals surface area contributed by atoms with Gasteiger partial charge in [-0.15, -0.1) is 0 Å². The number of thiocarbonyl (C=S) groups is 1. The SMILES string of the molecule is COc1cc([N+](=O)[O-])cc(/C=N\NC(N)=S)c1O. The smallest absolute Gasteiger partial charge is 0.274 e. The van der Waals surface area contributed by atoms with E-state index in [0.29, 0.717) is 0 Å². The highest BCUT2D eigenvalue weighted by molar-refractivity contribution is 7.80. The largest absolute Gasteiger partial charge is 0.504 e. The highest BCUT2D eigenvalue weighted by Gasteiger charge is 2.15. The molecule has 0 aliphatic rings. The van der Waals surface area contributed by atoms with E-state index < -0.39 is 4.92 Å². The quantitative estimate of drug-likeness (QED) is 0.314. The van der Waals surface area contributed by atoms with Crippen LogP contribution in [0.4, 0.5) is 5.69 Å². The average Bonchev–Trinajstić information content (AvgIpc) is 2.30. The van der Waals surface area contributed by atoms with Crippen molar-refractivity contribution in [3.63, 3.8) is 0 Å². The summed E-state index contributed by atoms with van der Waals surface area (Å²) in [6.07, 6.45) is 1.14. The Labute approximate surface area is 107 Å². The lowest BCUT2D eigenvalue weighted by Crippen LogP contribution is -2.24. The molecule has 4 N–H and O–H groups in total. The summed E-state index contributed by atoms with van der Waals surface area (Å²) in [5.74, 6) is -0.294. The van der Waals surface area contributed by atoms with Crippen molar-refractivity contribution >= 4 is 29.2 Å². The molecule has 9 heteroatoms. The van der Waals surface area contributed by atoms with Gasteiger partial charge in [-0.25, -0.2) is 0 Å². The van der Waals surface area contributed by atoms with Crippen molar-refractivity contribution in [3.8, 4) is 11.5 Å². The maximum absolute atomic E-state index is 10.7. The minimum absolute atomic E-state index is 0.0269. The molecule has 0 saturated heterocycles. The molecule has 0 fully saturated rings. The van der Waals surface area contributed by atoms with Crippen LogP contribution in [0.5, 0.6) is 11.5 Å². The van der Waals surface area contributed by atoms with E-state index in [1.54, 1.807) is 0 Å². The first-order chi connectivity index (χ1) is 8.45. The van der Waals surface area contributed by atoms with Crippen LogP contribution in [0.1, 0.15) is 5.56 Å². The zero-order valence-corrected chi connectivity index (χ0v) is 10.1. The lowest BCUT2D eigenvalue weighted by atomic mass is 10.2. The molecule has 0 saturated carbocycles. The van der Waals surface area contributed by atoms with Crippen molar-refractivity contribution in [3.05, 3.63) is 27.8 Å². The van der Waals surface area contributed by atoms with E-state index in [9.17, 15) is 15.2 Å². The molecule has 0 spiro atoms. The van der Waals surface area contributed by atoms with Gasteiger partial charge in [0, 0.05) is 11.6 Å². The molecule has 1 rings (SSSR count). The Kier molecular flexibility index (Phi) is 4.38. The van der Waals surface area contributed by atoms with Gasteiger partial charge in [-0.05, 0) is 12.2 Å². The minimum Gasteiger partial charge on any atom is -0.504 e. The topological polar surface area (TPSA) is 123 Å². The molecule has 0 radical (unpaired) electrons. The highest BCUT2D eigenvalue weighted by Crippen LogP contribution is 2.33. The zero-order valence-electron chi connectivity index (χ0n) is 9.28. The van der Waals surface area contributed by atoms with Crippen molar-refractivity contribution < 1.29 is 14.8 Å². The number of rotatable bonds is 4. The van der Waals surface area contributed by atoms with E-state index in [1.807, 2.05) is 0 Å². The first-order valence-corrected chi connectivity index (χ1v) is 5.00. The fourth-order valence-electron chi connectivity index (χ4n) is 1.14. The Morgan fingerprint density at radius 1 is 1.72 bits per heavy atom. The Bertz CT molecular complexity index is 518. The van der Waals surface area contributed by atoms with Crippen LogP contribution in [0.3, 0.4) is 0 Å². The summed E-state index contributed by atoms with van der Waals surface area (Å²) in [5.41, 5.74) is 7.27. The van der Waals surface area contributed by atoms with Gasteiger partial charge in [0.1, 0.15) is 0 Å². The van der Waals surface area contributed by atoms with Crippen molar-refractivity contribution in [1.29, 1.82) is 0 Å². The summed E-state index contributed by atoms with van der Waals surface area (Å²) < 4.78 is 4.82. The summed E-state index contributed by atoms with van der Waals surface area (Å²) in [4.78, 5) is 10.1. The summed E-state index contributed by atoms with van der Waals surface area (Å²) in [7, 11) is 1.28. The molecule has 1 aromatic carbocycles. The van der Waals surface area contributed by atoms with Crippen molar-refractivity contribution in [2.45, 2.75) is 0 Å². The molecular formula is C9H10N4O4S. The first kappa shape index (κ1) is 13.6. The van der Waals surface area contributed by atoms with Crippen molar-refractivity contribution in [2.75, 3.05) is 7.11 Å². The number of phenolic OH excluding ortho intramolecular Hbond substituents is 1. The molecule has 96 valence electrons. The Morgan fingerprint density at radius 3 is 2.89 bits per heavy atom. The number of nitrogens with one attached hydrogen (secondary N) is 1. The molecule has 0 aliphatic heterocycles. The molecule has 18 heavy (non-hydrogen) atoms. The molecule has 0 aliphatic carbocycles. The van der Waals surface area contributed by atoms with Crippen molar-refractivity contribution in [1.82, 2.24) is 5.43 Å². The maximum Gasteiger partial charge on any atom is 0.274 e. The van der Waals surface area contributed by atoms with Gasteiger partial charge in [-0.1, -0.05) is 0 Å². The van der Waals surface area contributed by atoms with Gasteiger partial charge >= 0.3 is 0 Å². The molecule has 0 atom stereocenters. The minimum atomic E-state index is -0.611. The molecule has 0 amide bonds. The molecule has 8 nitrogen and oxygen atoms in total. The summed E-state index contributed by atoms with van der Waals surface area (Å²) in [6.45, 7) is 0.